The zero-order valence-electron chi connectivity index (χ0n) is 3.69. The predicted molar refractivity (Wildman–Crippen MR) is 28.9 cm³/mol. The molecule has 1 aliphatic heterocycles. The van der Waals surface area contributed by atoms with Crippen LogP contribution in [0.25, 0.3) is 0 Å². The fourth-order valence-electron chi connectivity index (χ4n) is 0.389. The highest BCUT2D eigenvalue weighted by atomic mass is 79.9. The predicted octanol–water partition coefficient (Wildman–Crippen LogP) is 1.23. The molecule has 1 heterocycles. The maximum Gasteiger partial charge on any atom is 0.286 e. The molecule has 7 heavy (non-hydrogen) atoms. The van der Waals surface area contributed by atoms with Crippen molar-refractivity contribution < 1.29 is 9.47 Å². The van der Waals surface area contributed by atoms with E-state index in [2.05, 4.69) is 15.9 Å². The summed E-state index contributed by atoms with van der Waals surface area (Å²) in [5, 5.41) is 0. The van der Waals surface area contributed by atoms with Crippen molar-refractivity contribution in [2.75, 3.05) is 13.2 Å². The van der Waals surface area contributed by atoms with Gasteiger partial charge in [0.15, 0.2) is 0 Å². The van der Waals surface area contributed by atoms with Gasteiger partial charge in [0.25, 0.3) is 5.95 Å². The maximum absolute atomic E-state index is 4.89. The minimum Gasteiger partial charge on any atom is -0.461 e. The molecule has 1 rings (SSSR count). The maximum atomic E-state index is 4.89. The molecule has 0 saturated carbocycles. The molecule has 0 spiro atoms. The van der Waals surface area contributed by atoms with Gasteiger partial charge >= 0.3 is 0 Å². The van der Waals surface area contributed by atoms with Crippen molar-refractivity contribution in [3.63, 3.8) is 0 Å². The van der Waals surface area contributed by atoms with E-state index in [-0.39, 0.29) is 0 Å². The van der Waals surface area contributed by atoms with Crippen LogP contribution in [0.5, 0.6) is 0 Å². The summed E-state index contributed by atoms with van der Waals surface area (Å²) in [6.07, 6.45) is 0. The minimum absolute atomic E-state index is 0.583. The van der Waals surface area contributed by atoms with Crippen molar-refractivity contribution in [3.05, 3.63) is 10.9 Å². The van der Waals surface area contributed by atoms with Crippen molar-refractivity contribution in [1.82, 2.24) is 0 Å². The quantitative estimate of drug-likeness (QED) is 0.537. The highest BCUT2D eigenvalue weighted by Crippen LogP contribution is 2.08. The molecule has 1 saturated heterocycles. The largest absolute Gasteiger partial charge is 0.461 e. The fraction of sp³-hybridized carbons (Fsp3) is 0.500. The minimum atomic E-state index is 0.583. The lowest BCUT2D eigenvalue weighted by Gasteiger charge is -1.89. The summed E-state index contributed by atoms with van der Waals surface area (Å²) in [5.41, 5.74) is 0. The number of hydrogen-bond donors (Lipinski definition) is 0. The lowest BCUT2D eigenvalue weighted by atomic mass is 10.8. The molecule has 0 aromatic heterocycles. The van der Waals surface area contributed by atoms with Gasteiger partial charge in [0.05, 0.1) is 4.99 Å². The highest BCUT2D eigenvalue weighted by Gasteiger charge is 2.04. The van der Waals surface area contributed by atoms with Crippen LogP contribution in [0.3, 0.4) is 0 Å². The Labute approximate surface area is 50.2 Å². The molecule has 2 nitrogen and oxygen atoms in total. The van der Waals surface area contributed by atoms with Gasteiger partial charge in [-0.15, -0.1) is 0 Å². The molecule has 0 atom stereocenters. The summed E-state index contributed by atoms with van der Waals surface area (Å²) < 4.78 is 9.79. The van der Waals surface area contributed by atoms with Crippen molar-refractivity contribution in [2.45, 2.75) is 0 Å². The molecule has 0 aromatic carbocycles. The lowest BCUT2D eigenvalue weighted by Crippen LogP contribution is -1.79. The summed E-state index contributed by atoms with van der Waals surface area (Å²) in [7, 11) is 0. The first-order chi connectivity index (χ1) is 3.43. The summed E-state index contributed by atoms with van der Waals surface area (Å²) >= 11 is 3.06. The van der Waals surface area contributed by atoms with Crippen LogP contribution < -0.4 is 0 Å². The molecule has 1 aliphatic rings. The van der Waals surface area contributed by atoms with Crippen molar-refractivity contribution >= 4 is 15.9 Å². The molecule has 0 bridgehead atoms. The topological polar surface area (TPSA) is 18.5 Å². The van der Waals surface area contributed by atoms with Crippen LogP contribution in [0.2, 0.25) is 0 Å². The first kappa shape index (κ1) is 4.97. The van der Waals surface area contributed by atoms with E-state index in [9.17, 15) is 0 Å². The second-order valence-electron chi connectivity index (χ2n) is 1.13. The van der Waals surface area contributed by atoms with E-state index in [0.29, 0.717) is 19.2 Å². The van der Waals surface area contributed by atoms with E-state index >= 15 is 0 Å². The van der Waals surface area contributed by atoms with Crippen molar-refractivity contribution in [3.8, 4) is 0 Å². The first-order valence-electron chi connectivity index (χ1n) is 1.99. The van der Waals surface area contributed by atoms with Gasteiger partial charge < -0.3 is 9.47 Å². The summed E-state index contributed by atoms with van der Waals surface area (Å²) in [5.74, 6) is 0.583. The van der Waals surface area contributed by atoms with Crippen LogP contribution in [0.4, 0.5) is 0 Å². The van der Waals surface area contributed by atoms with Crippen LogP contribution >= 0.6 is 15.9 Å². The van der Waals surface area contributed by atoms with Gasteiger partial charge in [-0.1, -0.05) is 15.9 Å². The van der Waals surface area contributed by atoms with Crippen LogP contribution in [0, 0.1) is 0 Å². The number of hydrogen-bond acceptors (Lipinski definition) is 2. The van der Waals surface area contributed by atoms with E-state index < -0.39 is 0 Å². The van der Waals surface area contributed by atoms with Crippen LogP contribution in [0.15, 0.2) is 10.9 Å². The Morgan fingerprint density at radius 2 is 2.00 bits per heavy atom. The molecule has 0 N–H and O–H groups in total. The van der Waals surface area contributed by atoms with E-state index in [1.165, 1.54) is 0 Å². The van der Waals surface area contributed by atoms with Gasteiger partial charge in [0.1, 0.15) is 13.2 Å². The Bertz CT molecular complexity index is 81.7. The van der Waals surface area contributed by atoms with E-state index in [4.69, 9.17) is 9.47 Å². The average Bonchev–Trinajstić information content (AvgIpc) is 2.14. The number of rotatable bonds is 0. The summed E-state index contributed by atoms with van der Waals surface area (Å²) in [4.78, 5) is 1.62. The zero-order valence-corrected chi connectivity index (χ0v) is 5.27. The lowest BCUT2D eigenvalue weighted by molar-refractivity contribution is 0.177. The van der Waals surface area contributed by atoms with Gasteiger partial charge in [-0.25, -0.2) is 0 Å². The molecule has 0 aliphatic carbocycles. The number of ether oxygens (including phenoxy) is 2. The zero-order chi connectivity index (χ0) is 5.11. The molecule has 0 radical (unpaired) electrons. The normalized spacial score (nSPS) is 18.1. The van der Waals surface area contributed by atoms with Crippen LogP contribution in [-0.4, -0.2) is 13.2 Å². The Morgan fingerprint density at radius 3 is 2.29 bits per heavy atom. The van der Waals surface area contributed by atoms with Gasteiger partial charge in [0.2, 0.25) is 0 Å². The third kappa shape index (κ3) is 1.09. The van der Waals surface area contributed by atoms with Gasteiger partial charge in [-0.05, 0) is 0 Å². The van der Waals surface area contributed by atoms with E-state index in [1.54, 1.807) is 4.99 Å². The van der Waals surface area contributed by atoms with Gasteiger partial charge in [-0.3, -0.25) is 0 Å². The van der Waals surface area contributed by atoms with Crippen molar-refractivity contribution in [2.24, 2.45) is 0 Å². The Morgan fingerprint density at radius 1 is 1.43 bits per heavy atom. The second-order valence-corrected chi connectivity index (χ2v) is 1.58. The summed E-state index contributed by atoms with van der Waals surface area (Å²) in [6.45, 7) is 1.36. The molecule has 0 aromatic rings. The Balaban J connectivity index is 2.41. The molecular weight excluding hydrogens is 160 g/mol. The van der Waals surface area contributed by atoms with Crippen molar-refractivity contribution in [1.29, 1.82) is 0 Å². The second kappa shape index (κ2) is 2.21. The van der Waals surface area contributed by atoms with Crippen LogP contribution in [0.1, 0.15) is 0 Å². The smallest absolute Gasteiger partial charge is 0.286 e. The Hall–Kier alpha value is -0.180. The molecule has 1 fully saturated rings. The van der Waals surface area contributed by atoms with Gasteiger partial charge in [-0.2, -0.15) is 0 Å². The third-order valence-corrected chi connectivity index (χ3v) is 1.03. The molecule has 40 valence electrons. The standard InChI is InChI=1S/C4H5BrO2/c5-3-4-6-1-2-7-4/h3H,1-2H2. The monoisotopic (exact) mass is 164 g/mol. The molecule has 0 amide bonds. The highest BCUT2D eigenvalue weighted by molar-refractivity contribution is 9.11. The Kier molecular flexibility index (Phi) is 1.57. The SMILES string of the molecule is BrC=C1OCCO1. The van der Waals surface area contributed by atoms with Gasteiger partial charge in [0, 0.05) is 0 Å². The van der Waals surface area contributed by atoms with Crippen LogP contribution in [-0.2, 0) is 9.47 Å². The first-order valence-corrected chi connectivity index (χ1v) is 2.91. The average molecular weight is 165 g/mol. The fourth-order valence-corrected chi connectivity index (χ4v) is 0.654. The van der Waals surface area contributed by atoms with E-state index in [1.807, 2.05) is 0 Å². The third-order valence-electron chi connectivity index (χ3n) is 0.661. The summed E-state index contributed by atoms with van der Waals surface area (Å²) in [6, 6.07) is 0. The molecule has 0 unspecified atom stereocenters. The molecular formula is C4H5BrO2. The number of halogens is 1. The van der Waals surface area contributed by atoms with E-state index in [0.717, 1.165) is 0 Å². The molecule has 3 heteroatoms.